The van der Waals surface area contributed by atoms with Gasteiger partial charge in [0.15, 0.2) is 34.9 Å². The molecule has 4 aromatic rings. The summed E-state index contributed by atoms with van der Waals surface area (Å²) in [5.41, 5.74) is 0.466. The van der Waals surface area contributed by atoms with Crippen molar-refractivity contribution < 1.29 is 60.6 Å². The SMILES string of the molecule is C#CC(CC)(OCOC)c1ccncc1F.C#CC(O)(CC)c1ccncc1F.CCC(=O)c1ccncc1F.O=Cc1ccncc1F.[C-]#C[Si](C)(C)C.[Li+]. The fraction of sp³-hybridized carbons (Fsp3) is 0.317. The molecule has 9 nitrogen and oxygen atoms in total. The van der Waals surface area contributed by atoms with Gasteiger partial charge in [0.2, 0.25) is 0 Å². The van der Waals surface area contributed by atoms with E-state index < -0.39 is 42.5 Å². The number of rotatable bonds is 10. The van der Waals surface area contributed by atoms with E-state index >= 15 is 0 Å². The molecule has 4 aromatic heterocycles. The number of aromatic nitrogens is 4. The third kappa shape index (κ3) is 18.1. The minimum Gasteiger partial charge on any atom is -0.701 e. The second-order valence-electron chi connectivity index (χ2n) is 12.0. The first-order valence-electron chi connectivity index (χ1n) is 16.6. The van der Waals surface area contributed by atoms with Crippen molar-refractivity contribution in [3.05, 3.63) is 126 Å². The molecule has 0 aliphatic carbocycles. The summed E-state index contributed by atoms with van der Waals surface area (Å²) in [4.78, 5) is 35.2. The zero-order valence-electron chi connectivity index (χ0n) is 32.9. The molecule has 0 saturated carbocycles. The largest absolute Gasteiger partial charge is 1.00 e. The van der Waals surface area contributed by atoms with Gasteiger partial charge in [0.1, 0.15) is 18.4 Å². The molecule has 292 valence electrons. The first-order chi connectivity index (χ1) is 26.0. The maximum absolute atomic E-state index is 13.6. The van der Waals surface area contributed by atoms with Crippen LogP contribution in [0.2, 0.25) is 19.6 Å². The Morgan fingerprint density at radius 3 is 1.62 bits per heavy atom. The van der Waals surface area contributed by atoms with Crippen molar-refractivity contribution in [1.29, 1.82) is 0 Å². The van der Waals surface area contributed by atoms with E-state index in [0.717, 1.165) is 24.8 Å². The number of aldehydes is 1. The summed E-state index contributed by atoms with van der Waals surface area (Å²) < 4.78 is 62.0. The molecule has 2 atom stereocenters. The number of carbonyl (C=O) groups is 2. The molecule has 0 saturated heterocycles. The van der Waals surface area contributed by atoms with Gasteiger partial charge in [0.05, 0.1) is 44.0 Å². The zero-order valence-corrected chi connectivity index (χ0v) is 33.9. The third-order valence-corrected chi connectivity index (χ3v) is 7.78. The summed E-state index contributed by atoms with van der Waals surface area (Å²) in [6, 6.07) is 5.62. The van der Waals surface area contributed by atoms with Crippen molar-refractivity contribution in [2.45, 2.75) is 70.9 Å². The van der Waals surface area contributed by atoms with E-state index in [9.17, 15) is 32.3 Å². The second kappa shape index (κ2) is 27.6. The number of carbonyl (C=O) groups excluding carboxylic acids is 2. The second-order valence-corrected chi connectivity index (χ2v) is 16.7. The number of methoxy groups -OCH3 is 1. The van der Waals surface area contributed by atoms with Crippen LogP contribution in [0.25, 0.3) is 0 Å². The van der Waals surface area contributed by atoms with Crippen LogP contribution in [0.4, 0.5) is 17.6 Å². The molecule has 0 radical (unpaired) electrons. The van der Waals surface area contributed by atoms with Gasteiger partial charge in [-0.05, 0) is 37.1 Å². The maximum Gasteiger partial charge on any atom is 1.00 e. The van der Waals surface area contributed by atoms with E-state index in [0.29, 0.717) is 24.7 Å². The van der Waals surface area contributed by atoms with Crippen molar-refractivity contribution in [3.8, 4) is 30.2 Å². The molecular formula is C41H45F4LiN4O5Si. The summed E-state index contributed by atoms with van der Waals surface area (Å²) in [6.45, 7) is 11.5. The number of hydrogen-bond donors (Lipinski definition) is 1. The van der Waals surface area contributed by atoms with Crippen LogP contribution in [0.3, 0.4) is 0 Å². The zero-order chi connectivity index (χ0) is 42.1. The summed E-state index contributed by atoms with van der Waals surface area (Å²) in [5, 5.41) is 9.78. The van der Waals surface area contributed by atoms with E-state index in [1.165, 1.54) is 56.2 Å². The van der Waals surface area contributed by atoms with Crippen LogP contribution in [0.1, 0.15) is 71.9 Å². The third-order valence-electron chi connectivity index (χ3n) is 7.03. The molecule has 0 aliphatic heterocycles. The van der Waals surface area contributed by atoms with E-state index in [2.05, 4.69) is 57.0 Å². The van der Waals surface area contributed by atoms with Crippen LogP contribution < -0.4 is 18.9 Å². The molecule has 4 rings (SSSR count). The van der Waals surface area contributed by atoms with Crippen LogP contribution >= 0.6 is 0 Å². The monoisotopic (exact) mass is 784 g/mol. The Kier molecular flexibility index (Phi) is 26.2. The van der Waals surface area contributed by atoms with Crippen molar-refractivity contribution in [1.82, 2.24) is 19.9 Å². The van der Waals surface area contributed by atoms with Crippen LogP contribution in [0.5, 0.6) is 0 Å². The van der Waals surface area contributed by atoms with Crippen molar-refractivity contribution in [3.63, 3.8) is 0 Å². The minimum atomic E-state index is -1.52. The number of ketones is 1. The smallest absolute Gasteiger partial charge is 0.701 e. The minimum absolute atomic E-state index is 0. The fourth-order valence-corrected chi connectivity index (χ4v) is 3.81. The fourth-order valence-electron chi connectivity index (χ4n) is 3.81. The number of terminal acetylenes is 2. The standard InChI is InChI=1S/C12H14FNO2.C10H10FNO.C8H8FNO.C6H4FNO.C5H9Si.Li/c1-4-12(5-2,16-9-15-3)10-6-7-14-8-11(10)13;1-3-10(13,4-2)8-5-6-12-7-9(8)11;1-2-8(11)6-3-4-10-5-7(6)9;7-6-3-8-2-1-5(6)4-9;1-5-6(2,3)4;/h1,6-8H,5,9H2,2-3H3;1,5-7,13H,4H2,2H3;3-5H,2H2,1H3;1-4H;2-4H3;/q;;;;-1;+1. The Balaban J connectivity index is 0. The Morgan fingerprint density at radius 2 is 1.29 bits per heavy atom. The number of Topliss-reactive ketones (excluding diaryl/α,β-unsaturated/α-hetero) is 1. The van der Waals surface area contributed by atoms with Gasteiger partial charge in [-0.3, -0.25) is 29.5 Å². The van der Waals surface area contributed by atoms with Gasteiger partial charge in [-0.25, -0.2) is 17.6 Å². The Bertz CT molecular complexity index is 1930. The van der Waals surface area contributed by atoms with E-state index in [1.807, 2.05) is 6.92 Å². The van der Waals surface area contributed by atoms with Gasteiger partial charge in [0, 0.05) is 49.4 Å². The van der Waals surface area contributed by atoms with Crippen LogP contribution in [0, 0.1) is 59.9 Å². The van der Waals surface area contributed by atoms with E-state index in [1.54, 1.807) is 13.8 Å². The summed E-state index contributed by atoms with van der Waals surface area (Å²) in [7, 11) is 0.271. The summed E-state index contributed by atoms with van der Waals surface area (Å²) in [6.07, 6.45) is 28.6. The molecule has 0 amide bonds. The molecule has 56 heavy (non-hydrogen) atoms. The number of aliphatic hydroxyl groups is 1. The molecular weight excluding hydrogens is 739 g/mol. The Labute approximate surface area is 340 Å². The van der Waals surface area contributed by atoms with E-state index in [-0.39, 0.29) is 54.5 Å². The van der Waals surface area contributed by atoms with Gasteiger partial charge < -0.3 is 26.5 Å². The van der Waals surface area contributed by atoms with Crippen molar-refractivity contribution in [2.75, 3.05) is 13.9 Å². The summed E-state index contributed by atoms with van der Waals surface area (Å²) in [5.74, 6) is 2.30. The number of halogens is 4. The van der Waals surface area contributed by atoms with Gasteiger partial charge in [0.25, 0.3) is 0 Å². The molecule has 0 spiro atoms. The number of nitrogens with zero attached hydrogens (tertiary/aromatic N) is 4. The van der Waals surface area contributed by atoms with Gasteiger partial charge in [-0.2, -0.15) is 0 Å². The van der Waals surface area contributed by atoms with Gasteiger partial charge >= 0.3 is 18.9 Å². The average Bonchev–Trinajstić information content (AvgIpc) is 3.19. The normalized spacial score (nSPS) is 11.9. The average molecular weight is 785 g/mol. The number of hydrogen-bond acceptors (Lipinski definition) is 9. The Hall–Kier alpha value is -4.97. The molecule has 4 heterocycles. The molecule has 0 fully saturated rings. The predicted molar refractivity (Wildman–Crippen MR) is 204 cm³/mol. The predicted octanol–water partition coefficient (Wildman–Crippen LogP) is 4.84. The maximum atomic E-state index is 13.6. The quantitative estimate of drug-likeness (QED) is 0.0458. The van der Waals surface area contributed by atoms with Gasteiger partial charge in [-0.1, -0.05) is 52.3 Å². The van der Waals surface area contributed by atoms with Crippen LogP contribution in [-0.4, -0.2) is 59.1 Å². The van der Waals surface area contributed by atoms with Crippen molar-refractivity contribution in [2.24, 2.45) is 0 Å². The summed E-state index contributed by atoms with van der Waals surface area (Å²) >= 11 is 0. The molecule has 0 aromatic carbocycles. The molecule has 0 aliphatic rings. The molecule has 2 unspecified atom stereocenters. The molecule has 1 N–H and O–H groups in total. The van der Waals surface area contributed by atoms with Gasteiger partial charge in [-0.15, -0.1) is 12.8 Å². The molecule has 0 bridgehead atoms. The number of pyridine rings is 4. The number of ether oxygens (including phenoxy) is 2. The van der Waals surface area contributed by atoms with Crippen LogP contribution in [0.15, 0.2) is 73.8 Å². The van der Waals surface area contributed by atoms with Crippen LogP contribution in [-0.2, 0) is 20.7 Å². The topological polar surface area (TPSA) is 124 Å². The first-order valence-corrected chi connectivity index (χ1v) is 20.1. The van der Waals surface area contributed by atoms with E-state index in [4.69, 9.17) is 28.7 Å². The van der Waals surface area contributed by atoms with Crippen molar-refractivity contribution >= 4 is 20.1 Å². The molecule has 15 heteroatoms. The Morgan fingerprint density at radius 1 is 0.821 bits per heavy atom. The first kappa shape index (κ1) is 53.1.